The minimum Gasteiger partial charge on any atom is -0.377 e. The highest BCUT2D eigenvalue weighted by Crippen LogP contribution is 2.42. The van der Waals surface area contributed by atoms with Crippen molar-refractivity contribution in [2.75, 3.05) is 18.5 Å². The van der Waals surface area contributed by atoms with Crippen LogP contribution in [0.15, 0.2) is 42.1 Å². The maximum atomic E-state index is 5.51. The van der Waals surface area contributed by atoms with Gasteiger partial charge in [-0.25, -0.2) is 4.98 Å². The van der Waals surface area contributed by atoms with Gasteiger partial charge < -0.3 is 10.1 Å². The zero-order valence-electron chi connectivity index (χ0n) is 18.8. The molecule has 2 aliphatic carbocycles. The number of benzene rings is 1. The Morgan fingerprint density at radius 3 is 2.91 bits per heavy atom. The summed E-state index contributed by atoms with van der Waals surface area (Å²) >= 11 is 0. The van der Waals surface area contributed by atoms with Crippen molar-refractivity contribution in [1.82, 2.24) is 19.6 Å². The lowest BCUT2D eigenvalue weighted by molar-refractivity contribution is 0.161. The summed E-state index contributed by atoms with van der Waals surface area (Å²) in [6.45, 7) is 5.72. The van der Waals surface area contributed by atoms with E-state index in [0.29, 0.717) is 18.6 Å². The molecule has 1 aliphatic heterocycles. The van der Waals surface area contributed by atoms with E-state index in [1.807, 2.05) is 10.7 Å². The molecule has 0 fully saturated rings. The average molecular weight is 428 g/mol. The fraction of sp³-hybridized carbons (Fsp3) is 0.423. The molecule has 3 aromatic rings. The maximum absolute atomic E-state index is 5.51. The van der Waals surface area contributed by atoms with Crippen LogP contribution in [0.4, 0.5) is 5.95 Å². The van der Waals surface area contributed by atoms with E-state index in [0.717, 1.165) is 67.3 Å². The molecule has 1 atom stereocenters. The van der Waals surface area contributed by atoms with E-state index in [2.05, 4.69) is 54.6 Å². The second-order valence-electron chi connectivity index (χ2n) is 9.42. The largest absolute Gasteiger partial charge is 0.377 e. The minimum atomic E-state index is 0.334. The molecule has 0 radical (unpaired) electrons. The zero-order chi connectivity index (χ0) is 21.7. The van der Waals surface area contributed by atoms with Gasteiger partial charge >= 0.3 is 0 Å². The van der Waals surface area contributed by atoms with Crippen LogP contribution in [0.2, 0.25) is 0 Å². The third-order valence-electron chi connectivity index (χ3n) is 7.02. The van der Waals surface area contributed by atoms with Crippen LogP contribution in [0.25, 0.3) is 16.8 Å². The van der Waals surface area contributed by atoms with Crippen LogP contribution < -0.4 is 5.32 Å². The first kappa shape index (κ1) is 19.7. The molecule has 2 aromatic heterocycles. The topological polar surface area (TPSA) is 64.3 Å². The van der Waals surface area contributed by atoms with E-state index in [4.69, 9.17) is 14.7 Å². The van der Waals surface area contributed by atoms with Crippen molar-refractivity contribution in [3.63, 3.8) is 0 Å². The fourth-order valence-corrected chi connectivity index (χ4v) is 5.26. The van der Waals surface area contributed by atoms with Crippen LogP contribution in [0.5, 0.6) is 0 Å². The van der Waals surface area contributed by atoms with Crippen LogP contribution in [0.1, 0.15) is 68.0 Å². The molecular formula is C26H29N5O. The van der Waals surface area contributed by atoms with E-state index < -0.39 is 0 Å². The first-order valence-corrected chi connectivity index (χ1v) is 11.8. The summed E-state index contributed by atoms with van der Waals surface area (Å²) in [6, 6.07) is 9.20. The second kappa shape index (κ2) is 7.85. The second-order valence-corrected chi connectivity index (χ2v) is 9.42. The predicted molar refractivity (Wildman–Crippen MR) is 127 cm³/mol. The Balaban J connectivity index is 1.36. The summed E-state index contributed by atoms with van der Waals surface area (Å²) in [5.41, 5.74) is 9.29. The van der Waals surface area contributed by atoms with Gasteiger partial charge in [0.1, 0.15) is 0 Å². The average Bonchev–Trinajstić information content (AvgIpc) is 3.41. The van der Waals surface area contributed by atoms with Crippen LogP contribution in [0.3, 0.4) is 0 Å². The molecule has 0 saturated carbocycles. The van der Waals surface area contributed by atoms with Crippen molar-refractivity contribution in [3.8, 4) is 0 Å². The summed E-state index contributed by atoms with van der Waals surface area (Å²) in [6.07, 6.45) is 9.30. The van der Waals surface area contributed by atoms with Crippen molar-refractivity contribution in [2.45, 2.75) is 57.9 Å². The highest BCUT2D eigenvalue weighted by Gasteiger charge is 2.29. The molecule has 0 amide bonds. The van der Waals surface area contributed by atoms with Gasteiger partial charge in [0.2, 0.25) is 5.95 Å². The number of aromatic nitrogens is 4. The standard InChI is InChI=1S/C26H29N5O/c1-16(2)23-15-27-31-25(23)29-24(17-9-11-32-12-10-17)30-26(31)28-20-8-7-19-13-18-5-3-4-6-21(18)22(19)14-20/h3-6,9,15-16,20H,7-8,10-14H2,1-2H3,(H,28,29,30)/t20-/m1/s1. The number of hydrogen-bond acceptors (Lipinski definition) is 5. The van der Waals surface area contributed by atoms with E-state index in [9.17, 15) is 0 Å². The minimum absolute atomic E-state index is 0.334. The number of nitrogens with zero attached hydrogens (tertiary/aromatic N) is 4. The third-order valence-corrected chi connectivity index (χ3v) is 7.02. The molecule has 1 aromatic carbocycles. The lowest BCUT2D eigenvalue weighted by atomic mass is 9.88. The normalized spacial score (nSPS) is 20.5. The summed E-state index contributed by atoms with van der Waals surface area (Å²) in [4.78, 5) is 9.89. The van der Waals surface area contributed by atoms with Crippen molar-refractivity contribution in [2.24, 2.45) is 0 Å². The van der Waals surface area contributed by atoms with Gasteiger partial charge in [-0.15, -0.1) is 0 Å². The molecule has 164 valence electrons. The molecular weight excluding hydrogens is 398 g/mol. The smallest absolute Gasteiger partial charge is 0.228 e. The van der Waals surface area contributed by atoms with E-state index in [-0.39, 0.29) is 0 Å². The Bertz CT molecular complexity index is 1250. The number of allylic oxidation sites excluding steroid dienone is 1. The van der Waals surface area contributed by atoms with Gasteiger partial charge in [-0.1, -0.05) is 49.8 Å². The van der Waals surface area contributed by atoms with Crippen molar-refractivity contribution in [1.29, 1.82) is 0 Å². The van der Waals surface area contributed by atoms with Gasteiger partial charge in [0.05, 0.1) is 19.4 Å². The molecule has 0 spiro atoms. The molecule has 0 bridgehead atoms. The Labute approximate surface area is 188 Å². The highest BCUT2D eigenvalue weighted by atomic mass is 16.5. The molecule has 3 heterocycles. The molecule has 6 heteroatoms. The van der Waals surface area contributed by atoms with Crippen molar-refractivity contribution < 1.29 is 4.74 Å². The SMILES string of the molecule is CC(C)c1cnn2c(N[C@@H]3CCC4=C(C3)c3ccccc3C4)nc(C3=CCOCC3)nc12. The summed E-state index contributed by atoms with van der Waals surface area (Å²) < 4.78 is 7.40. The summed E-state index contributed by atoms with van der Waals surface area (Å²) in [5, 5.41) is 8.42. The Hall–Kier alpha value is -2.99. The van der Waals surface area contributed by atoms with E-state index >= 15 is 0 Å². The molecule has 6 nitrogen and oxygen atoms in total. The van der Waals surface area contributed by atoms with Crippen molar-refractivity contribution in [3.05, 3.63) is 64.6 Å². The van der Waals surface area contributed by atoms with Gasteiger partial charge in [0.25, 0.3) is 0 Å². The van der Waals surface area contributed by atoms with E-state index in [1.165, 1.54) is 16.7 Å². The third kappa shape index (κ3) is 3.34. The molecule has 6 rings (SSSR count). The maximum Gasteiger partial charge on any atom is 0.228 e. The van der Waals surface area contributed by atoms with Gasteiger partial charge in [0.15, 0.2) is 11.5 Å². The van der Waals surface area contributed by atoms with Gasteiger partial charge in [-0.2, -0.15) is 14.6 Å². The monoisotopic (exact) mass is 427 g/mol. The molecule has 3 aliphatic rings. The molecule has 1 N–H and O–H groups in total. The van der Waals surface area contributed by atoms with Gasteiger partial charge in [-0.05, 0) is 60.3 Å². The van der Waals surface area contributed by atoms with Crippen LogP contribution in [-0.2, 0) is 11.2 Å². The molecule has 0 saturated heterocycles. The lowest BCUT2D eigenvalue weighted by Crippen LogP contribution is -2.26. The van der Waals surface area contributed by atoms with Gasteiger partial charge in [-0.3, -0.25) is 0 Å². The number of anilines is 1. The van der Waals surface area contributed by atoms with Crippen LogP contribution >= 0.6 is 0 Å². The first-order valence-electron chi connectivity index (χ1n) is 11.8. The number of rotatable bonds is 4. The Kier molecular flexibility index (Phi) is 4.83. The highest BCUT2D eigenvalue weighted by molar-refractivity contribution is 5.77. The number of fused-ring (bicyclic) bond motifs is 3. The number of hydrogen-bond donors (Lipinski definition) is 1. The van der Waals surface area contributed by atoms with Crippen LogP contribution in [0, 0.1) is 0 Å². The summed E-state index contributed by atoms with van der Waals surface area (Å²) in [5.74, 6) is 1.95. The molecule has 0 unspecified atom stereocenters. The zero-order valence-corrected chi connectivity index (χ0v) is 18.8. The number of nitrogens with one attached hydrogen (secondary N) is 1. The fourth-order valence-electron chi connectivity index (χ4n) is 5.26. The number of ether oxygens (including phenoxy) is 1. The quantitative estimate of drug-likeness (QED) is 0.633. The van der Waals surface area contributed by atoms with Crippen molar-refractivity contribution >= 4 is 22.7 Å². The van der Waals surface area contributed by atoms with E-state index in [1.54, 1.807) is 5.57 Å². The Morgan fingerprint density at radius 1 is 1.16 bits per heavy atom. The Morgan fingerprint density at radius 2 is 2.06 bits per heavy atom. The molecule has 32 heavy (non-hydrogen) atoms. The van der Waals surface area contributed by atoms with Gasteiger partial charge in [0, 0.05) is 11.6 Å². The van der Waals surface area contributed by atoms with Crippen LogP contribution in [-0.4, -0.2) is 38.8 Å². The summed E-state index contributed by atoms with van der Waals surface area (Å²) in [7, 11) is 0. The predicted octanol–water partition coefficient (Wildman–Crippen LogP) is 5.03. The lowest BCUT2D eigenvalue weighted by Gasteiger charge is -2.26. The first-order chi connectivity index (χ1) is 15.7.